The molecule has 5 heteroatoms. The Hall–Kier alpha value is -1.10. The highest BCUT2D eigenvalue weighted by Crippen LogP contribution is 2.15. The fraction of sp³-hybridized carbons (Fsp3) is 0.533. The number of halogens is 1. The summed E-state index contributed by atoms with van der Waals surface area (Å²) < 4.78 is 0. The number of benzene rings is 1. The first kappa shape index (κ1) is 17.0. The molecule has 20 heavy (non-hydrogen) atoms. The molecule has 0 saturated carbocycles. The molecule has 0 fully saturated rings. The quantitative estimate of drug-likeness (QED) is 0.645. The molecule has 0 radical (unpaired) electrons. The highest BCUT2D eigenvalue weighted by Gasteiger charge is 2.08. The van der Waals surface area contributed by atoms with E-state index in [9.17, 15) is 9.90 Å². The zero-order valence-electron chi connectivity index (χ0n) is 12.0. The Labute approximate surface area is 125 Å². The topological polar surface area (TPSA) is 61.4 Å². The molecule has 1 aromatic rings. The van der Waals surface area contributed by atoms with Crippen molar-refractivity contribution in [1.29, 1.82) is 0 Å². The number of aliphatic hydroxyl groups is 1. The second-order valence-corrected chi connectivity index (χ2v) is 5.33. The minimum absolute atomic E-state index is 0.0350. The number of carbonyl (C=O) groups excluding carboxylic acids is 1. The molecule has 1 amide bonds. The number of rotatable bonds is 8. The number of hydrogen-bond acceptors (Lipinski definition) is 3. The van der Waals surface area contributed by atoms with Crippen molar-refractivity contribution in [2.24, 2.45) is 0 Å². The van der Waals surface area contributed by atoms with E-state index in [1.54, 1.807) is 24.3 Å². The van der Waals surface area contributed by atoms with Crippen LogP contribution in [0, 0.1) is 0 Å². The molecule has 0 heterocycles. The summed E-state index contributed by atoms with van der Waals surface area (Å²) in [6.45, 7) is 4.98. The summed E-state index contributed by atoms with van der Waals surface area (Å²) in [6, 6.07) is 7.30. The van der Waals surface area contributed by atoms with Gasteiger partial charge in [-0.05, 0) is 31.0 Å². The van der Waals surface area contributed by atoms with E-state index >= 15 is 0 Å². The summed E-state index contributed by atoms with van der Waals surface area (Å²) in [7, 11) is 0. The van der Waals surface area contributed by atoms with Gasteiger partial charge >= 0.3 is 0 Å². The average Bonchev–Trinajstić information content (AvgIpc) is 2.44. The predicted octanol–water partition coefficient (Wildman–Crippen LogP) is 2.27. The fourth-order valence-corrected chi connectivity index (χ4v) is 1.82. The summed E-state index contributed by atoms with van der Waals surface area (Å²) in [5.74, 6) is 0.0350. The number of hydrogen-bond donors (Lipinski definition) is 3. The standard InChI is InChI=1S/C15H23ClN2O2/c1-3-11(2)18-15(20)8-9-17-10-14(19)12-4-6-13(16)7-5-12/h4-7,11,14,17,19H,3,8-10H2,1-2H3,(H,18,20). The summed E-state index contributed by atoms with van der Waals surface area (Å²) in [5, 5.41) is 16.6. The van der Waals surface area contributed by atoms with Crippen LogP contribution in [0.5, 0.6) is 0 Å². The van der Waals surface area contributed by atoms with Gasteiger partial charge in [-0.15, -0.1) is 0 Å². The summed E-state index contributed by atoms with van der Waals surface area (Å²) in [5.41, 5.74) is 0.811. The van der Waals surface area contributed by atoms with Crippen molar-refractivity contribution in [2.75, 3.05) is 13.1 Å². The molecular weight excluding hydrogens is 276 g/mol. The van der Waals surface area contributed by atoms with Gasteiger partial charge in [-0.2, -0.15) is 0 Å². The lowest BCUT2D eigenvalue weighted by Gasteiger charge is -2.13. The van der Waals surface area contributed by atoms with Crippen LogP contribution < -0.4 is 10.6 Å². The maximum atomic E-state index is 11.5. The average molecular weight is 299 g/mol. The van der Waals surface area contributed by atoms with Crippen molar-refractivity contribution >= 4 is 17.5 Å². The van der Waals surface area contributed by atoms with Gasteiger partial charge in [-0.1, -0.05) is 30.7 Å². The maximum Gasteiger partial charge on any atom is 0.221 e. The van der Waals surface area contributed by atoms with Crippen LogP contribution in [0.2, 0.25) is 5.02 Å². The Morgan fingerprint density at radius 2 is 2.00 bits per heavy atom. The van der Waals surface area contributed by atoms with Crippen LogP contribution in [0.4, 0.5) is 0 Å². The van der Waals surface area contributed by atoms with Crippen molar-refractivity contribution < 1.29 is 9.90 Å². The second-order valence-electron chi connectivity index (χ2n) is 4.90. The van der Waals surface area contributed by atoms with Gasteiger partial charge in [-0.3, -0.25) is 4.79 Å². The Balaban J connectivity index is 2.20. The van der Waals surface area contributed by atoms with Crippen LogP contribution in [0.3, 0.4) is 0 Å². The normalized spacial score (nSPS) is 13.8. The Kier molecular flexibility index (Phi) is 7.59. The molecule has 0 aliphatic heterocycles. The molecule has 1 aromatic carbocycles. The lowest BCUT2D eigenvalue weighted by molar-refractivity contribution is -0.121. The molecule has 0 aromatic heterocycles. The Morgan fingerprint density at radius 3 is 2.60 bits per heavy atom. The van der Waals surface area contributed by atoms with E-state index < -0.39 is 6.10 Å². The van der Waals surface area contributed by atoms with Gasteiger partial charge in [0, 0.05) is 30.6 Å². The number of aliphatic hydroxyl groups excluding tert-OH is 1. The smallest absolute Gasteiger partial charge is 0.221 e. The van der Waals surface area contributed by atoms with Gasteiger partial charge in [0.2, 0.25) is 5.91 Å². The third kappa shape index (κ3) is 6.37. The molecule has 0 aliphatic carbocycles. The maximum absolute atomic E-state index is 11.5. The van der Waals surface area contributed by atoms with E-state index in [0.717, 1.165) is 12.0 Å². The van der Waals surface area contributed by atoms with Crippen LogP contribution in [0.25, 0.3) is 0 Å². The van der Waals surface area contributed by atoms with Gasteiger partial charge in [-0.25, -0.2) is 0 Å². The number of carbonyl (C=O) groups is 1. The van der Waals surface area contributed by atoms with Crippen molar-refractivity contribution in [1.82, 2.24) is 10.6 Å². The van der Waals surface area contributed by atoms with E-state index in [0.29, 0.717) is 24.5 Å². The Bertz CT molecular complexity index is 409. The summed E-state index contributed by atoms with van der Waals surface area (Å²) in [4.78, 5) is 11.5. The van der Waals surface area contributed by atoms with E-state index in [1.165, 1.54) is 0 Å². The number of amides is 1. The molecule has 0 spiro atoms. The van der Waals surface area contributed by atoms with Gasteiger partial charge in [0.1, 0.15) is 0 Å². The lowest BCUT2D eigenvalue weighted by atomic mass is 10.1. The SMILES string of the molecule is CCC(C)NC(=O)CCNCC(O)c1ccc(Cl)cc1. The molecule has 2 unspecified atom stereocenters. The molecule has 0 aliphatic rings. The largest absolute Gasteiger partial charge is 0.387 e. The molecular formula is C15H23ClN2O2. The predicted molar refractivity (Wildman–Crippen MR) is 81.8 cm³/mol. The molecule has 112 valence electrons. The third-order valence-corrected chi connectivity index (χ3v) is 3.39. The highest BCUT2D eigenvalue weighted by molar-refractivity contribution is 6.30. The summed E-state index contributed by atoms with van der Waals surface area (Å²) >= 11 is 5.79. The van der Waals surface area contributed by atoms with Crippen LogP contribution in [-0.4, -0.2) is 30.1 Å². The molecule has 1 rings (SSSR count). The molecule has 0 saturated heterocycles. The first-order valence-electron chi connectivity index (χ1n) is 6.96. The minimum Gasteiger partial charge on any atom is -0.387 e. The monoisotopic (exact) mass is 298 g/mol. The van der Waals surface area contributed by atoms with Crippen molar-refractivity contribution in [3.63, 3.8) is 0 Å². The number of nitrogens with one attached hydrogen (secondary N) is 2. The molecule has 3 N–H and O–H groups in total. The highest BCUT2D eigenvalue weighted by atomic mass is 35.5. The minimum atomic E-state index is -0.593. The van der Waals surface area contributed by atoms with Crippen molar-refractivity contribution in [2.45, 2.75) is 38.8 Å². The van der Waals surface area contributed by atoms with Gasteiger partial charge in [0.15, 0.2) is 0 Å². The Morgan fingerprint density at radius 1 is 1.35 bits per heavy atom. The molecule has 0 bridgehead atoms. The van der Waals surface area contributed by atoms with E-state index in [4.69, 9.17) is 11.6 Å². The third-order valence-electron chi connectivity index (χ3n) is 3.14. The van der Waals surface area contributed by atoms with Crippen LogP contribution in [-0.2, 0) is 4.79 Å². The van der Waals surface area contributed by atoms with Gasteiger partial charge < -0.3 is 15.7 Å². The van der Waals surface area contributed by atoms with E-state index in [1.807, 2.05) is 13.8 Å². The fourth-order valence-electron chi connectivity index (χ4n) is 1.69. The molecule has 2 atom stereocenters. The van der Waals surface area contributed by atoms with E-state index in [2.05, 4.69) is 10.6 Å². The zero-order valence-corrected chi connectivity index (χ0v) is 12.8. The van der Waals surface area contributed by atoms with Crippen LogP contribution >= 0.6 is 11.6 Å². The lowest BCUT2D eigenvalue weighted by Crippen LogP contribution is -2.34. The molecule has 4 nitrogen and oxygen atoms in total. The second kappa shape index (κ2) is 8.95. The van der Waals surface area contributed by atoms with Gasteiger partial charge in [0.25, 0.3) is 0 Å². The van der Waals surface area contributed by atoms with Crippen molar-refractivity contribution in [3.8, 4) is 0 Å². The zero-order chi connectivity index (χ0) is 15.0. The van der Waals surface area contributed by atoms with Crippen molar-refractivity contribution in [3.05, 3.63) is 34.9 Å². The first-order valence-corrected chi connectivity index (χ1v) is 7.34. The summed E-state index contributed by atoms with van der Waals surface area (Å²) in [6.07, 6.45) is 0.747. The van der Waals surface area contributed by atoms with Crippen LogP contribution in [0.1, 0.15) is 38.4 Å². The van der Waals surface area contributed by atoms with E-state index in [-0.39, 0.29) is 11.9 Å². The van der Waals surface area contributed by atoms with Gasteiger partial charge in [0.05, 0.1) is 6.10 Å². The van der Waals surface area contributed by atoms with Crippen LogP contribution in [0.15, 0.2) is 24.3 Å². The first-order chi connectivity index (χ1) is 9.52.